The van der Waals surface area contributed by atoms with E-state index in [1.54, 1.807) is 5.56 Å². The minimum absolute atomic E-state index is 0.487. The third-order valence-electron chi connectivity index (χ3n) is 3.90. The quantitative estimate of drug-likeness (QED) is 0.697. The van der Waals surface area contributed by atoms with E-state index in [2.05, 4.69) is 59.9 Å². The van der Waals surface area contributed by atoms with Crippen molar-refractivity contribution in [1.82, 2.24) is 5.32 Å². The molecule has 0 saturated heterocycles. The van der Waals surface area contributed by atoms with Crippen LogP contribution in [0.3, 0.4) is 0 Å². The van der Waals surface area contributed by atoms with E-state index < -0.39 is 0 Å². The zero-order chi connectivity index (χ0) is 12.7. The number of hydrogen-bond donors (Lipinski definition) is 1. The van der Waals surface area contributed by atoms with Gasteiger partial charge in [0.05, 0.1) is 0 Å². The van der Waals surface area contributed by atoms with Gasteiger partial charge in [-0.15, -0.1) is 11.3 Å². The van der Waals surface area contributed by atoms with Gasteiger partial charge in [0.15, 0.2) is 0 Å². The summed E-state index contributed by atoms with van der Waals surface area (Å²) in [5.41, 5.74) is 2.96. The van der Waals surface area contributed by atoms with Gasteiger partial charge in [-0.1, -0.05) is 48.5 Å². The first-order valence-electron chi connectivity index (χ1n) is 6.69. The average Bonchev–Trinajstić information content (AvgIpc) is 2.86. The minimum atomic E-state index is 0.487. The first-order valence-corrected chi connectivity index (χ1v) is 7.51. The van der Waals surface area contributed by atoms with Crippen LogP contribution in [0.2, 0.25) is 0 Å². The summed E-state index contributed by atoms with van der Waals surface area (Å²) in [6.07, 6.45) is 0. The number of fused-ring (bicyclic) bond motifs is 3. The fourth-order valence-corrected chi connectivity index (χ4v) is 4.27. The second-order valence-electron chi connectivity index (χ2n) is 5.03. The highest BCUT2D eigenvalue weighted by molar-refractivity contribution is 7.19. The number of benzene rings is 2. The van der Waals surface area contributed by atoms with Gasteiger partial charge in [0, 0.05) is 28.6 Å². The predicted molar refractivity (Wildman–Crippen MR) is 81.8 cm³/mol. The third-order valence-corrected chi connectivity index (χ3v) is 5.08. The molecule has 19 heavy (non-hydrogen) atoms. The Kier molecular flexibility index (Phi) is 2.64. The van der Waals surface area contributed by atoms with Crippen molar-refractivity contribution >= 4 is 21.4 Å². The van der Waals surface area contributed by atoms with E-state index in [9.17, 15) is 0 Å². The van der Waals surface area contributed by atoms with Crippen molar-refractivity contribution in [3.8, 4) is 0 Å². The van der Waals surface area contributed by atoms with Crippen LogP contribution in [0, 0.1) is 0 Å². The summed E-state index contributed by atoms with van der Waals surface area (Å²) in [7, 11) is 0. The van der Waals surface area contributed by atoms with Crippen molar-refractivity contribution in [2.45, 2.75) is 12.5 Å². The van der Waals surface area contributed by atoms with Crippen molar-refractivity contribution < 1.29 is 0 Å². The molecule has 3 aromatic rings. The number of nitrogens with one attached hydrogen (secondary N) is 1. The standard InChI is InChI=1S/C17H15NS/c1-2-6-12(7-3-1)14-10-18-11-16-17(14)13-8-4-5-9-15(13)19-16/h1-9,14,18H,10-11H2. The molecule has 1 N–H and O–H groups in total. The lowest BCUT2D eigenvalue weighted by Crippen LogP contribution is -2.27. The second kappa shape index (κ2) is 4.48. The second-order valence-corrected chi connectivity index (χ2v) is 6.17. The maximum absolute atomic E-state index is 3.56. The maximum atomic E-state index is 3.56. The summed E-state index contributed by atoms with van der Waals surface area (Å²) in [5.74, 6) is 0.487. The molecule has 0 amide bonds. The highest BCUT2D eigenvalue weighted by atomic mass is 32.1. The van der Waals surface area contributed by atoms with Gasteiger partial charge in [-0.25, -0.2) is 0 Å². The van der Waals surface area contributed by atoms with Crippen LogP contribution >= 0.6 is 11.3 Å². The molecule has 0 bridgehead atoms. The van der Waals surface area contributed by atoms with Crippen LogP contribution in [0.15, 0.2) is 54.6 Å². The molecular weight excluding hydrogens is 250 g/mol. The molecule has 1 unspecified atom stereocenters. The van der Waals surface area contributed by atoms with E-state index in [1.807, 2.05) is 11.3 Å². The predicted octanol–water partition coefficient (Wildman–Crippen LogP) is 4.14. The summed E-state index contributed by atoms with van der Waals surface area (Å²) < 4.78 is 1.41. The molecule has 2 aromatic carbocycles. The molecule has 0 fully saturated rings. The Hall–Kier alpha value is -1.64. The molecular formula is C17H15NS. The molecule has 0 saturated carbocycles. The molecule has 0 spiro atoms. The maximum Gasteiger partial charge on any atom is 0.0349 e. The van der Waals surface area contributed by atoms with Gasteiger partial charge in [-0.05, 0) is 22.6 Å². The lowest BCUT2D eigenvalue weighted by atomic mass is 9.87. The Morgan fingerprint density at radius 3 is 2.63 bits per heavy atom. The Labute approximate surface area is 116 Å². The van der Waals surface area contributed by atoms with Crippen LogP contribution in [-0.2, 0) is 6.54 Å². The van der Waals surface area contributed by atoms with Crippen molar-refractivity contribution in [2.24, 2.45) is 0 Å². The monoisotopic (exact) mass is 265 g/mol. The zero-order valence-corrected chi connectivity index (χ0v) is 11.4. The van der Waals surface area contributed by atoms with Crippen LogP contribution < -0.4 is 5.32 Å². The average molecular weight is 265 g/mol. The topological polar surface area (TPSA) is 12.0 Å². The summed E-state index contributed by atoms with van der Waals surface area (Å²) in [4.78, 5) is 1.50. The molecule has 0 aliphatic carbocycles. The highest BCUT2D eigenvalue weighted by Crippen LogP contribution is 2.40. The number of thiophene rings is 1. The van der Waals surface area contributed by atoms with E-state index in [1.165, 1.54) is 20.5 Å². The molecule has 2 heteroatoms. The van der Waals surface area contributed by atoms with Crippen LogP contribution in [-0.4, -0.2) is 6.54 Å². The fraction of sp³-hybridized carbons (Fsp3) is 0.176. The summed E-state index contributed by atoms with van der Waals surface area (Å²) in [6.45, 7) is 2.05. The van der Waals surface area contributed by atoms with Crippen molar-refractivity contribution in [2.75, 3.05) is 6.54 Å². The number of rotatable bonds is 1. The molecule has 2 heterocycles. The molecule has 4 rings (SSSR count). The van der Waals surface area contributed by atoms with E-state index in [4.69, 9.17) is 0 Å². The largest absolute Gasteiger partial charge is 0.311 e. The van der Waals surface area contributed by atoms with Crippen LogP contribution in [0.1, 0.15) is 21.9 Å². The number of hydrogen-bond acceptors (Lipinski definition) is 2. The van der Waals surface area contributed by atoms with Crippen molar-refractivity contribution in [3.63, 3.8) is 0 Å². The Morgan fingerprint density at radius 2 is 1.74 bits per heavy atom. The zero-order valence-electron chi connectivity index (χ0n) is 10.6. The smallest absolute Gasteiger partial charge is 0.0349 e. The SMILES string of the molecule is c1ccc(C2CNCc3sc4ccccc4c32)cc1. The van der Waals surface area contributed by atoms with E-state index in [0.29, 0.717) is 5.92 Å². The van der Waals surface area contributed by atoms with E-state index in [0.717, 1.165) is 13.1 Å². The fourth-order valence-electron chi connectivity index (χ4n) is 3.03. The first-order chi connectivity index (χ1) is 9.43. The van der Waals surface area contributed by atoms with Gasteiger partial charge < -0.3 is 5.32 Å². The molecule has 1 aliphatic rings. The Morgan fingerprint density at radius 1 is 0.947 bits per heavy atom. The molecule has 94 valence electrons. The van der Waals surface area contributed by atoms with E-state index in [-0.39, 0.29) is 0 Å². The molecule has 1 atom stereocenters. The minimum Gasteiger partial charge on any atom is -0.311 e. The summed E-state index contributed by atoms with van der Waals surface area (Å²) >= 11 is 1.94. The van der Waals surface area contributed by atoms with Crippen molar-refractivity contribution in [3.05, 3.63) is 70.6 Å². The van der Waals surface area contributed by atoms with Gasteiger partial charge in [0.25, 0.3) is 0 Å². The van der Waals surface area contributed by atoms with E-state index >= 15 is 0 Å². The highest BCUT2D eigenvalue weighted by Gasteiger charge is 2.25. The summed E-state index contributed by atoms with van der Waals surface area (Å²) in [6, 6.07) is 19.6. The van der Waals surface area contributed by atoms with Gasteiger partial charge in [0.1, 0.15) is 0 Å². The molecule has 1 nitrogen and oxygen atoms in total. The summed E-state index contributed by atoms with van der Waals surface area (Å²) in [5, 5.41) is 5.00. The molecule has 0 radical (unpaired) electrons. The Balaban J connectivity index is 1.95. The van der Waals surface area contributed by atoms with Crippen molar-refractivity contribution in [1.29, 1.82) is 0 Å². The van der Waals surface area contributed by atoms with Gasteiger partial charge >= 0.3 is 0 Å². The van der Waals surface area contributed by atoms with Gasteiger partial charge in [0.2, 0.25) is 0 Å². The normalized spacial score (nSPS) is 18.4. The third kappa shape index (κ3) is 1.79. The molecule has 1 aliphatic heterocycles. The van der Waals surface area contributed by atoms with Crippen LogP contribution in [0.4, 0.5) is 0 Å². The Bertz CT molecular complexity index is 714. The lowest BCUT2D eigenvalue weighted by Gasteiger charge is -2.24. The molecule has 1 aromatic heterocycles. The van der Waals surface area contributed by atoms with Crippen LogP contribution in [0.5, 0.6) is 0 Å². The lowest BCUT2D eigenvalue weighted by molar-refractivity contribution is 0.603. The first kappa shape index (κ1) is 11.2. The van der Waals surface area contributed by atoms with Gasteiger partial charge in [-0.3, -0.25) is 0 Å². The van der Waals surface area contributed by atoms with Gasteiger partial charge in [-0.2, -0.15) is 0 Å². The van der Waals surface area contributed by atoms with Crippen LogP contribution in [0.25, 0.3) is 10.1 Å².